The van der Waals surface area contributed by atoms with Crippen molar-refractivity contribution in [3.8, 4) is 17.2 Å². The lowest BCUT2D eigenvalue weighted by molar-refractivity contribution is -0.150. The number of ether oxygens (including phenoxy) is 4. The van der Waals surface area contributed by atoms with Gasteiger partial charge < -0.3 is 23.8 Å². The molecule has 1 aliphatic rings. The van der Waals surface area contributed by atoms with Gasteiger partial charge >= 0.3 is 5.97 Å². The third-order valence-corrected chi connectivity index (χ3v) is 3.84. The quantitative estimate of drug-likeness (QED) is 0.403. The fourth-order valence-corrected chi connectivity index (χ4v) is 2.48. The van der Waals surface area contributed by atoms with Crippen LogP contribution in [0.4, 0.5) is 0 Å². The van der Waals surface area contributed by atoms with Gasteiger partial charge in [0.1, 0.15) is 12.4 Å². The summed E-state index contributed by atoms with van der Waals surface area (Å²) in [7, 11) is 0. The molecule has 0 fully saturated rings. The molecule has 0 radical (unpaired) electrons. The molecule has 0 spiro atoms. The summed E-state index contributed by atoms with van der Waals surface area (Å²) in [6, 6.07) is 12.9. The van der Waals surface area contributed by atoms with Gasteiger partial charge in [-0.15, -0.1) is 0 Å². The van der Waals surface area contributed by atoms with E-state index in [9.17, 15) is 4.79 Å². The van der Waals surface area contributed by atoms with Gasteiger partial charge in [-0.05, 0) is 38.1 Å². The molecular weight excluding hydrogens is 350 g/mol. The highest BCUT2D eigenvalue weighted by Gasteiger charge is 2.14. The third-order valence-electron chi connectivity index (χ3n) is 3.84. The number of para-hydroxylation sites is 1. The summed E-state index contributed by atoms with van der Waals surface area (Å²) in [5, 5.41) is 3.96. The standard InChI is InChI=1S/C20H21NO6/c1-3-23-17-7-5-4-6-16(17)11-24-20(22)12-27-21-14(2)15-8-9-18-19(10-15)26-13-25-18/h4-10H,3,11-13H2,1-2H3/b21-14-. The Kier molecular flexibility index (Phi) is 6.14. The van der Waals surface area contributed by atoms with Crippen molar-refractivity contribution in [2.45, 2.75) is 20.5 Å². The summed E-state index contributed by atoms with van der Waals surface area (Å²) in [5.74, 6) is 1.55. The Morgan fingerprint density at radius 3 is 2.81 bits per heavy atom. The van der Waals surface area contributed by atoms with E-state index in [-0.39, 0.29) is 20.0 Å². The maximum absolute atomic E-state index is 11.9. The zero-order valence-electron chi connectivity index (χ0n) is 15.3. The van der Waals surface area contributed by atoms with Crippen LogP contribution in [-0.4, -0.2) is 31.7 Å². The molecule has 2 aromatic carbocycles. The monoisotopic (exact) mass is 371 g/mol. The number of esters is 1. The van der Waals surface area contributed by atoms with E-state index >= 15 is 0 Å². The number of rotatable bonds is 8. The summed E-state index contributed by atoms with van der Waals surface area (Å²) in [6.45, 7) is 4.27. The van der Waals surface area contributed by atoms with E-state index in [1.54, 1.807) is 13.0 Å². The molecule has 7 nitrogen and oxygen atoms in total. The highest BCUT2D eigenvalue weighted by atomic mass is 16.7. The van der Waals surface area contributed by atoms with Crippen molar-refractivity contribution in [1.82, 2.24) is 0 Å². The zero-order valence-corrected chi connectivity index (χ0v) is 15.3. The fourth-order valence-electron chi connectivity index (χ4n) is 2.48. The number of hydrogen-bond donors (Lipinski definition) is 0. The van der Waals surface area contributed by atoms with Crippen molar-refractivity contribution >= 4 is 11.7 Å². The molecule has 0 aliphatic carbocycles. The van der Waals surface area contributed by atoms with Crippen LogP contribution in [0, 0.1) is 0 Å². The Morgan fingerprint density at radius 1 is 1.15 bits per heavy atom. The first-order chi connectivity index (χ1) is 13.2. The molecule has 3 rings (SSSR count). The molecule has 0 atom stereocenters. The van der Waals surface area contributed by atoms with Gasteiger partial charge in [0.15, 0.2) is 11.5 Å². The van der Waals surface area contributed by atoms with Gasteiger partial charge in [0.05, 0.1) is 12.3 Å². The molecular formula is C20H21NO6. The van der Waals surface area contributed by atoms with Crippen molar-refractivity contribution in [3.63, 3.8) is 0 Å². The van der Waals surface area contributed by atoms with E-state index in [0.29, 0.717) is 29.6 Å². The van der Waals surface area contributed by atoms with Crippen LogP contribution in [0.5, 0.6) is 17.2 Å². The van der Waals surface area contributed by atoms with E-state index in [0.717, 1.165) is 11.1 Å². The van der Waals surface area contributed by atoms with Crippen LogP contribution >= 0.6 is 0 Å². The van der Waals surface area contributed by atoms with E-state index in [1.807, 2.05) is 43.3 Å². The SMILES string of the molecule is CCOc1ccccc1COC(=O)CO/N=C(/C)c1ccc2c(c1)OCO2. The molecule has 0 saturated carbocycles. The number of oxime groups is 1. The van der Waals surface area contributed by atoms with Gasteiger partial charge in [-0.2, -0.15) is 0 Å². The van der Waals surface area contributed by atoms with Crippen molar-refractivity contribution in [3.05, 3.63) is 53.6 Å². The highest BCUT2D eigenvalue weighted by molar-refractivity contribution is 5.99. The number of carbonyl (C=O) groups is 1. The zero-order chi connectivity index (χ0) is 19.1. The van der Waals surface area contributed by atoms with Gasteiger partial charge in [0.25, 0.3) is 0 Å². The Balaban J connectivity index is 1.48. The summed E-state index contributed by atoms with van der Waals surface area (Å²) in [5.41, 5.74) is 2.23. The minimum Gasteiger partial charge on any atom is -0.493 e. The summed E-state index contributed by atoms with van der Waals surface area (Å²) in [6.07, 6.45) is 0. The molecule has 142 valence electrons. The maximum Gasteiger partial charge on any atom is 0.347 e. The topological polar surface area (TPSA) is 75.6 Å². The molecule has 0 aromatic heterocycles. The average molecular weight is 371 g/mol. The van der Waals surface area contributed by atoms with Crippen LogP contribution in [0.2, 0.25) is 0 Å². The number of hydrogen-bond acceptors (Lipinski definition) is 7. The fraction of sp³-hybridized carbons (Fsp3) is 0.300. The van der Waals surface area contributed by atoms with Gasteiger partial charge in [-0.3, -0.25) is 0 Å². The first-order valence-electron chi connectivity index (χ1n) is 8.60. The molecule has 0 N–H and O–H groups in total. The van der Waals surface area contributed by atoms with Crippen LogP contribution in [0.15, 0.2) is 47.6 Å². The highest BCUT2D eigenvalue weighted by Crippen LogP contribution is 2.32. The first kappa shape index (κ1) is 18.6. The van der Waals surface area contributed by atoms with Gasteiger partial charge in [0, 0.05) is 11.1 Å². The van der Waals surface area contributed by atoms with Crippen LogP contribution < -0.4 is 14.2 Å². The van der Waals surface area contributed by atoms with E-state index in [2.05, 4.69) is 5.16 Å². The van der Waals surface area contributed by atoms with Crippen molar-refractivity contribution < 1.29 is 28.6 Å². The summed E-state index contributed by atoms with van der Waals surface area (Å²) in [4.78, 5) is 17.0. The second-order valence-electron chi connectivity index (χ2n) is 5.72. The van der Waals surface area contributed by atoms with Gasteiger partial charge in [-0.1, -0.05) is 23.4 Å². The Hall–Kier alpha value is -3.22. The van der Waals surface area contributed by atoms with Crippen molar-refractivity contribution in [1.29, 1.82) is 0 Å². The lowest BCUT2D eigenvalue weighted by Gasteiger charge is -2.10. The number of benzene rings is 2. The van der Waals surface area contributed by atoms with Crippen molar-refractivity contribution in [2.24, 2.45) is 5.16 Å². The molecule has 0 amide bonds. The maximum atomic E-state index is 11.9. The smallest absolute Gasteiger partial charge is 0.347 e. The van der Waals surface area contributed by atoms with Crippen LogP contribution in [0.1, 0.15) is 25.0 Å². The predicted molar refractivity (Wildman–Crippen MR) is 98.1 cm³/mol. The number of nitrogens with zero attached hydrogens (tertiary/aromatic N) is 1. The van der Waals surface area contributed by atoms with Gasteiger partial charge in [-0.25, -0.2) is 4.79 Å². The average Bonchev–Trinajstić information content (AvgIpc) is 3.15. The first-order valence-corrected chi connectivity index (χ1v) is 8.60. The molecule has 1 aliphatic heterocycles. The Bertz CT molecular complexity index is 833. The number of fused-ring (bicyclic) bond motifs is 1. The van der Waals surface area contributed by atoms with Crippen molar-refractivity contribution in [2.75, 3.05) is 20.0 Å². The normalized spacial score (nSPS) is 12.6. The molecule has 7 heteroatoms. The minimum absolute atomic E-state index is 0.114. The van der Waals surface area contributed by atoms with Gasteiger partial charge in [0.2, 0.25) is 13.4 Å². The predicted octanol–water partition coefficient (Wildman–Crippen LogP) is 3.30. The van der Waals surface area contributed by atoms with E-state index < -0.39 is 5.97 Å². The third kappa shape index (κ3) is 4.91. The summed E-state index contributed by atoms with van der Waals surface area (Å²) >= 11 is 0. The van der Waals surface area contributed by atoms with Crippen LogP contribution in [0.25, 0.3) is 0 Å². The summed E-state index contributed by atoms with van der Waals surface area (Å²) < 4.78 is 21.3. The Labute approximate surface area is 157 Å². The molecule has 2 aromatic rings. The molecule has 1 heterocycles. The molecule has 0 saturated heterocycles. The van der Waals surface area contributed by atoms with Crippen LogP contribution in [0.3, 0.4) is 0 Å². The largest absolute Gasteiger partial charge is 0.493 e. The van der Waals surface area contributed by atoms with E-state index in [4.69, 9.17) is 23.8 Å². The minimum atomic E-state index is -0.511. The van der Waals surface area contributed by atoms with Crippen LogP contribution in [-0.2, 0) is 21.0 Å². The lowest BCUT2D eigenvalue weighted by Crippen LogP contribution is -2.12. The molecule has 27 heavy (non-hydrogen) atoms. The second-order valence-corrected chi connectivity index (χ2v) is 5.72. The number of carbonyl (C=O) groups excluding carboxylic acids is 1. The Morgan fingerprint density at radius 2 is 1.96 bits per heavy atom. The second kappa shape index (κ2) is 8.93. The van der Waals surface area contributed by atoms with E-state index in [1.165, 1.54) is 0 Å². The molecule has 0 bridgehead atoms. The molecule has 0 unspecified atom stereocenters. The lowest BCUT2D eigenvalue weighted by atomic mass is 10.1.